The summed E-state index contributed by atoms with van der Waals surface area (Å²) in [7, 11) is 3.30. The van der Waals surface area contributed by atoms with Gasteiger partial charge in [-0.2, -0.15) is 0 Å². The zero-order valence-electron chi connectivity index (χ0n) is 17.8. The van der Waals surface area contributed by atoms with Gasteiger partial charge in [0, 0.05) is 32.6 Å². The van der Waals surface area contributed by atoms with E-state index in [1.54, 1.807) is 20.5 Å². The fraction of sp³-hybridized carbons (Fsp3) is 0.550. The Morgan fingerprint density at radius 2 is 1.86 bits per heavy atom. The second kappa shape index (κ2) is 14.0. The van der Waals surface area contributed by atoms with Crippen molar-refractivity contribution in [2.45, 2.75) is 39.7 Å². The number of hydrogen-bond donors (Lipinski definition) is 2. The Morgan fingerprint density at radius 3 is 2.55 bits per heavy atom. The van der Waals surface area contributed by atoms with Gasteiger partial charge in [0.1, 0.15) is 12.2 Å². The van der Waals surface area contributed by atoms with Crippen LogP contribution in [0.4, 0.5) is 0 Å². The highest BCUT2D eigenvalue weighted by Crippen LogP contribution is 2.27. The summed E-state index contributed by atoms with van der Waals surface area (Å²) in [6.45, 7) is 7.33. The molecule has 0 aliphatic rings. The lowest BCUT2D eigenvalue weighted by molar-refractivity contribution is 0.354. The van der Waals surface area contributed by atoms with Gasteiger partial charge in [-0.15, -0.1) is 34.2 Å². The zero-order chi connectivity index (χ0) is 20.2. The Kier molecular flexibility index (Phi) is 12.1. The number of aromatic nitrogens is 3. The molecule has 0 bridgehead atoms. The van der Waals surface area contributed by atoms with Gasteiger partial charge in [-0.1, -0.05) is 19.9 Å². The maximum atomic E-state index is 5.37. The van der Waals surface area contributed by atoms with Crippen LogP contribution in [0.25, 0.3) is 0 Å². The van der Waals surface area contributed by atoms with Crippen molar-refractivity contribution < 1.29 is 9.47 Å². The molecule has 0 unspecified atom stereocenters. The third kappa shape index (κ3) is 8.08. The van der Waals surface area contributed by atoms with Crippen LogP contribution in [0.1, 0.15) is 31.7 Å². The standard InChI is InChI=1S/C20H32N6O2.HI/c1-5-10-21-20(23-12-13-26-15-24-25-19(26)6-2)22-11-9-16-7-8-17(27-3)18(14-16)28-4;/h7-8,14-15H,5-6,9-13H2,1-4H3,(H2,21,22,23);1H. The second-order valence-corrected chi connectivity index (χ2v) is 6.32. The summed E-state index contributed by atoms with van der Waals surface area (Å²) in [6.07, 6.45) is 4.51. The maximum Gasteiger partial charge on any atom is 0.191 e. The average Bonchev–Trinajstić information content (AvgIpc) is 3.18. The number of benzene rings is 1. The number of aliphatic imine (C=N–C) groups is 1. The highest BCUT2D eigenvalue weighted by Gasteiger charge is 2.06. The number of ether oxygens (including phenoxy) is 2. The number of hydrogen-bond acceptors (Lipinski definition) is 5. The molecule has 0 amide bonds. The SMILES string of the molecule is CCCN=C(NCCc1ccc(OC)c(OC)c1)NCCn1cnnc1CC.I. The third-order valence-corrected chi connectivity index (χ3v) is 4.30. The molecule has 2 N–H and O–H groups in total. The van der Waals surface area contributed by atoms with E-state index in [2.05, 4.69) is 50.3 Å². The molecule has 1 aromatic heterocycles. The quantitative estimate of drug-likeness (QED) is 0.272. The largest absolute Gasteiger partial charge is 0.493 e. The normalized spacial score (nSPS) is 11.0. The fourth-order valence-electron chi connectivity index (χ4n) is 2.79. The van der Waals surface area contributed by atoms with Crippen molar-refractivity contribution in [3.05, 3.63) is 35.9 Å². The molecule has 29 heavy (non-hydrogen) atoms. The Hall–Kier alpha value is -2.04. The number of guanidine groups is 1. The molecule has 1 aromatic carbocycles. The second-order valence-electron chi connectivity index (χ2n) is 6.32. The van der Waals surface area contributed by atoms with Crippen LogP contribution in [0.3, 0.4) is 0 Å². The van der Waals surface area contributed by atoms with Crippen LogP contribution in [-0.4, -0.2) is 54.6 Å². The highest BCUT2D eigenvalue weighted by molar-refractivity contribution is 14.0. The van der Waals surface area contributed by atoms with Crippen LogP contribution in [0.15, 0.2) is 29.5 Å². The van der Waals surface area contributed by atoms with Crippen molar-refractivity contribution in [1.29, 1.82) is 0 Å². The molecular weight excluding hydrogens is 483 g/mol. The molecule has 8 nitrogen and oxygen atoms in total. The van der Waals surface area contributed by atoms with Crippen LogP contribution in [0, 0.1) is 0 Å². The topological polar surface area (TPSA) is 85.6 Å². The third-order valence-electron chi connectivity index (χ3n) is 4.30. The van der Waals surface area contributed by atoms with Crippen molar-refractivity contribution >= 4 is 29.9 Å². The van der Waals surface area contributed by atoms with Crippen molar-refractivity contribution in [2.24, 2.45) is 4.99 Å². The smallest absolute Gasteiger partial charge is 0.191 e. The average molecular weight is 516 g/mol. The van der Waals surface area contributed by atoms with E-state index in [0.717, 1.165) is 68.7 Å². The van der Waals surface area contributed by atoms with Gasteiger partial charge >= 0.3 is 0 Å². The summed E-state index contributed by atoms with van der Waals surface area (Å²) in [5, 5.41) is 14.9. The molecule has 0 spiro atoms. The number of aryl methyl sites for hydroxylation is 1. The number of nitrogens with one attached hydrogen (secondary N) is 2. The zero-order valence-corrected chi connectivity index (χ0v) is 20.1. The van der Waals surface area contributed by atoms with Crippen molar-refractivity contribution in [3.63, 3.8) is 0 Å². The summed E-state index contributed by atoms with van der Waals surface area (Å²) in [5.74, 6) is 3.31. The van der Waals surface area contributed by atoms with E-state index in [0.29, 0.717) is 0 Å². The van der Waals surface area contributed by atoms with Crippen molar-refractivity contribution in [1.82, 2.24) is 25.4 Å². The van der Waals surface area contributed by atoms with Gasteiger partial charge in [-0.25, -0.2) is 0 Å². The Balaban J connectivity index is 0.00000420. The van der Waals surface area contributed by atoms with Gasteiger partial charge in [0.25, 0.3) is 0 Å². The number of rotatable bonds is 11. The van der Waals surface area contributed by atoms with Gasteiger partial charge in [0.15, 0.2) is 17.5 Å². The monoisotopic (exact) mass is 516 g/mol. The lowest BCUT2D eigenvalue weighted by Crippen LogP contribution is -2.40. The lowest BCUT2D eigenvalue weighted by atomic mass is 10.1. The van der Waals surface area contributed by atoms with Crippen LogP contribution in [0.5, 0.6) is 11.5 Å². The van der Waals surface area contributed by atoms with Gasteiger partial charge in [0.2, 0.25) is 0 Å². The molecular formula is C20H33IN6O2. The summed E-state index contributed by atoms with van der Waals surface area (Å²) >= 11 is 0. The molecule has 0 saturated carbocycles. The first kappa shape index (κ1) is 25.0. The first-order valence-electron chi connectivity index (χ1n) is 9.81. The number of nitrogens with zero attached hydrogens (tertiary/aromatic N) is 4. The number of methoxy groups -OCH3 is 2. The van der Waals surface area contributed by atoms with Crippen LogP contribution in [0.2, 0.25) is 0 Å². The molecule has 2 aromatic rings. The molecule has 9 heteroatoms. The summed E-state index contributed by atoms with van der Waals surface area (Å²) < 4.78 is 12.7. The molecule has 0 aliphatic heterocycles. The Bertz CT molecular complexity index is 750. The molecule has 0 atom stereocenters. The first-order valence-corrected chi connectivity index (χ1v) is 9.81. The van der Waals surface area contributed by atoms with E-state index in [9.17, 15) is 0 Å². The Morgan fingerprint density at radius 1 is 1.10 bits per heavy atom. The fourth-order valence-corrected chi connectivity index (χ4v) is 2.79. The minimum atomic E-state index is 0. The number of halogens is 1. The molecule has 0 fully saturated rings. The maximum absolute atomic E-state index is 5.37. The van der Waals surface area contributed by atoms with Gasteiger partial charge in [-0.05, 0) is 30.5 Å². The van der Waals surface area contributed by atoms with E-state index in [-0.39, 0.29) is 24.0 Å². The molecule has 0 radical (unpaired) electrons. The van der Waals surface area contributed by atoms with Crippen LogP contribution >= 0.6 is 24.0 Å². The minimum absolute atomic E-state index is 0. The molecule has 0 aliphatic carbocycles. The summed E-state index contributed by atoms with van der Waals surface area (Å²) in [6, 6.07) is 6.00. The van der Waals surface area contributed by atoms with E-state index in [4.69, 9.17) is 9.47 Å². The van der Waals surface area contributed by atoms with Gasteiger partial charge in [0.05, 0.1) is 14.2 Å². The predicted molar refractivity (Wildman–Crippen MR) is 127 cm³/mol. The summed E-state index contributed by atoms with van der Waals surface area (Å²) in [4.78, 5) is 4.61. The summed E-state index contributed by atoms with van der Waals surface area (Å²) in [5.41, 5.74) is 1.18. The molecule has 0 saturated heterocycles. The van der Waals surface area contributed by atoms with Crippen molar-refractivity contribution in [3.8, 4) is 11.5 Å². The van der Waals surface area contributed by atoms with E-state index < -0.39 is 0 Å². The lowest BCUT2D eigenvalue weighted by Gasteiger charge is -2.14. The predicted octanol–water partition coefficient (Wildman–Crippen LogP) is 2.66. The molecule has 1 heterocycles. The first-order chi connectivity index (χ1) is 13.7. The van der Waals surface area contributed by atoms with E-state index in [1.165, 1.54) is 5.56 Å². The minimum Gasteiger partial charge on any atom is -0.493 e. The Labute approximate surface area is 190 Å². The van der Waals surface area contributed by atoms with E-state index in [1.807, 2.05) is 12.1 Å². The molecule has 162 valence electrons. The van der Waals surface area contributed by atoms with Crippen LogP contribution in [-0.2, 0) is 19.4 Å². The highest BCUT2D eigenvalue weighted by atomic mass is 127. The van der Waals surface area contributed by atoms with Gasteiger partial charge < -0.3 is 24.7 Å². The van der Waals surface area contributed by atoms with Gasteiger partial charge in [-0.3, -0.25) is 4.99 Å². The van der Waals surface area contributed by atoms with E-state index >= 15 is 0 Å². The molecule has 2 rings (SSSR count). The van der Waals surface area contributed by atoms with Crippen LogP contribution < -0.4 is 20.1 Å². The van der Waals surface area contributed by atoms with Crippen molar-refractivity contribution in [2.75, 3.05) is 33.9 Å².